The van der Waals surface area contributed by atoms with Gasteiger partial charge in [0.2, 0.25) is 15.9 Å². The minimum Gasteiger partial charge on any atom is -0.352 e. The Bertz CT molecular complexity index is 1170. The van der Waals surface area contributed by atoms with Gasteiger partial charge in [-0.1, -0.05) is 48.2 Å². The lowest BCUT2D eigenvalue weighted by molar-refractivity contribution is -0.119. The molecule has 0 bridgehead atoms. The van der Waals surface area contributed by atoms with Crippen LogP contribution in [0.5, 0.6) is 0 Å². The number of para-hydroxylation sites is 2. The highest BCUT2D eigenvalue weighted by Crippen LogP contribution is 2.47. The highest BCUT2D eigenvalue weighted by atomic mass is 32.2. The monoisotopic (exact) mass is 467 g/mol. The van der Waals surface area contributed by atoms with Gasteiger partial charge in [0.25, 0.3) is 0 Å². The zero-order valence-electron chi connectivity index (χ0n) is 17.7. The lowest BCUT2D eigenvalue weighted by Crippen LogP contribution is -2.29. The topological polar surface area (TPSA) is 78.5 Å². The average molecular weight is 468 g/mol. The van der Waals surface area contributed by atoms with Crippen molar-refractivity contribution in [3.63, 3.8) is 0 Å². The van der Waals surface area contributed by atoms with Gasteiger partial charge in [-0.05, 0) is 48.4 Å². The van der Waals surface area contributed by atoms with Crippen LogP contribution in [0.25, 0.3) is 0 Å². The standard InChI is InChI=1S/C24H25N3O3S2/c1-18(28)25-17-19-11-13-20(14-12-19)32(29,30)26-15-6-16-27-21-7-2-4-9-23(21)31-24-10-5-3-8-22(24)27/h2-5,7-14,26H,6,15-17H2,1H3,(H,25,28). The number of nitrogens with one attached hydrogen (secondary N) is 2. The average Bonchev–Trinajstić information content (AvgIpc) is 2.80. The number of hydrogen-bond donors (Lipinski definition) is 2. The number of anilines is 2. The van der Waals surface area contributed by atoms with Gasteiger partial charge in [-0.3, -0.25) is 4.79 Å². The first-order valence-corrected chi connectivity index (χ1v) is 12.7. The molecule has 4 rings (SSSR count). The third-order valence-corrected chi connectivity index (χ3v) is 7.76. The van der Waals surface area contributed by atoms with Crippen LogP contribution in [0.2, 0.25) is 0 Å². The molecule has 0 fully saturated rings. The van der Waals surface area contributed by atoms with Crippen LogP contribution < -0.4 is 14.9 Å². The molecule has 1 amide bonds. The molecule has 0 aromatic heterocycles. The highest BCUT2D eigenvalue weighted by molar-refractivity contribution is 7.99. The molecule has 1 aliphatic heterocycles. The van der Waals surface area contributed by atoms with Crippen LogP contribution in [0.4, 0.5) is 11.4 Å². The van der Waals surface area contributed by atoms with Gasteiger partial charge < -0.3 is 10.2 Å². The molecule has 0 atom stereocenters. The lowest BCUT2D eigenvalue weighted by atomic mass is 10.2. The van der Waals surface area contributed by atoms with Crippen LogP contribution in [0.15, 0.2) is 87.5 Å². The third kappa shape index (κ3) is 5.15. The minimum absolute atomic E-state index is 0.124. The number of nitrogens with zero attached hydrogens (tertiary/aromatic N) is 1. The summed E-state index contributed by atoms with van der Waals surface area (Å²) in [6.45, 7) is 2.86. The van der Waals surface area contributed by atoms with Crippen molar-refractivity contribution in [2.24, 2.45) is 0 Å². The molecule has 32 heavy (non-hydrogen) atoms. The van der Waals surface area contributed by atoms with Crippen LogP contribution in [0.3, 0.4) is 0 Å². The Kier molecular flexibility index (Phi) is 6.83. The fourth-order valence-corrected chi connectivity index (χ4v) is 5.73. The summed E-state index contributed by atoms with van der Waals surface area (Å²) in [6.07, 6.45) is 0.660. The van der Waals surface area contributed by atoms with Gasteiger partial charge in [0.15, 0.2) is 0 Å². The van der Waals surface area contributed by atoms with Crippen molar-refractivity contribution >= 4 is 39.1 Å². The number of fused-ring (bicyclic) bond motifs is 2. The van der Waals surface area contributed by atoms with E-state index in [1.54, 1.807) is 36.0 Å². The molecule has 3 aromatic rings. The fraction of sp³-hybridized carbons (Fsp3) is 0.208. The summed E-state index contributed by atoms with van der Waals surface area (Å²) < 4.78 is 28.0. The van der Waals surface area contributed by atoms with E-state index in [0.717, 1.165) is 16.9 Å². The molecule has 0 aliphatic carbocycles. The highest BCUT2D eigenvalue weighted by Gasteiger charge is 2.22. The maximum Gasteiger partial charge on any atom is 0.240 e. The Morgan fingerprint density at radius 2 is 1.50 bits per heavy atom. The van der Waals surface area contributed by atoms with E-state index in [9.17, 15) is 13.2 Å². The molecule has 0 radical (unpaired) electrons. The van der Waals surface area contributed by atoms with Crippen LogP contribution in [-0.2, 0) is 21.4 Å². The van der Waals surface area contributed by atoms with Crippen LogP contribution >= 0.6 is 11.8 Å². The van der Waals surface area contributed by atoms with Crippen molar-refractivity contribution < 1.29 is 13.2 Å². The zero-order chi connectivity index (χ0) is 22.6. The number of sulfonamides is 1. The fourth-order valence-electron chi connectivity index (χ4n) is 3.56. The number of amides is 1. The van der Waals surface area contributed by atoms with Gasteiger partial charge in [0, 0.05) is 36.3 Å². The lowest BCUT2D eigenvalue weighted by Gasteiger charge is -2.32. The molecular weight excluding hydrogens is 442 g/mol. The predicted octanol–water partition coefficient (Wildman–Crippen LogP) is 4.29. The van der Waals surface area contributed by atoms with E-state index >= 15 is 0 Å². The first-order valence-electron chi connectivity index (χ1n) is 10.4. The van der Waals surface area contributed by atoms with Gasteiger partial charge in [0.05, 0.1) is 16.3 Å². The van der Waals surface area contributed by atoms with Gasteiger partial charge in [0.1, 0.15) is 0 Å². The van der Waals surface area contributed by atoms with E-state index in [2.05, 4.69) is 39.2 Å². The van der Waals surface area contributed by atoms with E-state index < -0.39 is 10.0 Å². The predicted molar refractivity (Wildman–Crippen MR) is 128 cm³/mol. The van der Waals surface area contributed by atoms with Crippen LogP contribution in [-0.4, -0.2) is 27.4 Å². The molecule has 3 aromatic carbocycles. The number of rotatable bonds is 8. The number of carbonyl (C=O) groups excluding carboxylic acids is 1. The molecule has 0 saturated heterocycles. The maximum atomic E-state index is 12.7. The van der Waals surface area contributed by atoms with E-state index in [4.69, 9.17) is 0 Å². The molecule has 2 N–H and O–H groups in total. The Balaban J connectivity index is 1.38. The van der Waals surface area contributed by atoms with Crippen molar-refractivity contribution in [3.05, 3.63) is 78.4 Å². The Morgan fingerprint density at radius 1 is 0.906 bits per heavy atom. The van der Waals surface area contributed by atoms with Gasteiger partial charge in [-0.2, -0.15) is 0 Å². The van der Waals surface area contributed by atoms with Crippen molar-refractivity contribution in [1.29, 1.82) is 0 Å². The Morgan fingerprint density at radius 3 is 2.09 bits per heavy atom. The minimum atomic E-state index is -3.59. The second kappa shape index (κ2) is 9.77. The summed E-state index contributed by atoms with van der Waals surface area (Å²) in [6, 6.07) is 23.1. The summed E-state index contributed by atoms with van der Waals surface area (Å²) in [5, 5.41) is 2.70. The van der Waals surface area contributed by atoms with Gasteiger partial charge >= 0.3 is 0 Å². The van der Waals surface area contributed by atoms with Gasteiger partial charge in [-0.15, -0.1) is 0 Å². The molecule has 0 spiro atoms. The van der Waals surface area contributed by atoms with E-state index in [1.165, 1.54) is 16.7 Å². The second-order valence-electron chi connectivity index (χ2n) is 7.49. The first kappa shape index (κ1) is 22.4. The molecule has 6 nitrogen and oxygen atoms in total. The van der Waals surface area contributed by atoms with E-state index in [1.807, 2.05) is 24.3 Å². The van der Waals surface area contributed by atoms with Crippen LogP contribution in [0.1, 0.15) is 18.9 Å². The smallest absolute Gasteiger partial charge is 0.240 e. The third-order valence-electron chi connectivity index (χ3n) is 5.16. The molecule has 166 valence electrons. The van der Waals surface area contributed by atoms with E-state index in [0.29, 0.717) is 26.1 Å². The Hall–Kier alpha value is -2.81. The summed E-state index contributed by atoms with van der Waals surface area (Å²) in [7, 11) is -3.59. The number of hydrogen-bond acceptors (Lipinski definition) is 5. The largest absolute Gasteiger partial charge is 0.352 e. The van der Waals surface area contributed by atoms with Crippen molar-refractivity contribution in [2.75, 3.05) is 18.0 Å². The quantitative estimate of drug-likeness (QED) is 0.483. The normalized spacial score (nSPS) is 12.7. The molecule has 8 heteroatoms. The maximum absolute atomic E-state index is 12.7. The summed E-state index contributed by atoms with van der Waals surface area (Å²) >= 11 is 1.76. The molecule has 0 saturated carbocycles. The summed E-state index contributed by atoms with van der Waals surface area (Å²) in [5.74, 6) is -0.124. The summed E-state index contributed by atoms with van der Waals surface area (Å²) in [5.41, 5.74) is 3.14. The first-order chi connectivity index (χ1) is 15.4. The number of carbonyl (C=O) groups is 1. The Labute approximate surface area is 193 Å². The zero-order valence-corrected chi connectivity index (χ0v) is 19.4. The second-order valence-corrected chi connectivity index (χ2v) is 10.3. The van der Waals surface area contributed by atoms with Crippen LogP contribution in [0, 0.1) is 0 Å². The molecule has 0 unspecified atom stereocenters. The molecule has 1 heterocycles. The van der Waals surface area contributed by atoms with Crippen molar-refractivity contribution in [3.8, 4) is 0 Å². The molecular formula is C24H25N3O3S2. The SMILES string of the molecule is CC(=O)NCc1ccc(S(=O)(=O)NCCCN2c3ccccc3Sc3ccccc32)cc1. The van der Waals surface area contributed by atoms with Gasteiger partial charge in [-0.25, -0.2) is 13.1 Å². The summed E-state index contributed by atoms with van der Waals surface area (Å²) in [4.78, 5) is 15.9. The van der Waals surface area contributed by atoms with E-state index in [-0.39, 0.29) is 10.8 Å². The van der Waals surface area contributed by atoms with Crippen molar-refractivity contribution in [1.82, 2.24) is 10.0 Å². The number of benzene rings is 3. The molecule has 1 aliphatic rings. The van der Waals surface area contributed by atoms with Crippen molar-refractivity contribution in [2.45, 2.75) is 34.6 Å².